The van der Waals surface area contributed by atoms with Gasteiger partial charge in [0.25, 0.3) is 11.8 Å². The van der Waals surface area contributed by atoms with Crippen molar-refractivity contribution in [3.05, 3.63) is 0 Å². The molecule has 0 bridgehead atoms. The fourth-order valence-corrected chi connectivity index (χ4v) is 1.09. The quantitative estimate of drug-likeness (QED) is 0.661. The number of aliphatic hydroxyl groups excluding tert-OH is 2. The van der Waals surface area contributed by atoms with Gasteiger partial charge in [-0.1, -0.05) is 0 Å². The van der Waals surface area contributed by atoms with Crippen LogP contribution in [-0.2, 0) is 0 Å². The third kappa shape index (κ3) is 2.79. The summed E-state index contributed by atoms with van der Waals surface area (Å²) in [5.41, 5.74) is 0. The van der Waals surface area contributed by atoms with Crippen LogP contribution in [0.5, 0.6) is 11.8 Å². The number of hydrogen-bond donors (Lipinski definition) is 2. The van der Waals surface area contributed by atoms with E-state index in [-0.39, 0.29) is 25.0 Å². The third-order valence-electron chi connectivity index (χ3n) is 1.25. The molecule has 0 amide bonds. The first-order valence-electron chi connectivity index (χ1n) is 3.56. The minimum atomic E-state index is -0.911. The Morgan fingerprint density at radius 1 is 1.46 bits per heavy atom. The molecule has 74 valence electrons. The van der Waals surface area contributed by atoms with Gasteiger partial charge in [0.15, 0.2) is 0 Å². The highest BCUT2D eigenvalue weighted by Crippen LogP contribution is 2.22. The first kappa shape index (κ1) is 10.2. The molecule has 1 heterocycles. The van der Waals surface area contributed by atoms with Gasteiger partial charge in [-0.15, -0.1) is 8.75 Å². The van der Waals surface area contributed by atoms with E-state index in [0.29, 0.717) is 0 Å². The van der Waals surface area contributed by atoms with Crippen LogP contribution in [0.15, 0.2) is 0 Å². The molecule has 2 N–H and O–H groups in total. The summed E-state index contributed by atoms with van der Waals surface area (Å²) in [6.45, 7) is -0.377. The number of aliphatic hydroxyl groups is 2. The average molecular weight is 206 g/mol. The van der Waals surface area contributed by atoms with Crippen molar-refractivity contribution in [1.82, 2.24) is 8.75 Å². The molecule has 0 spiro atoms. The van der Waals surface area contributed by atoms with Crippen molar-refractivity contribution < 1.29 is 19.7 Å². The van der Waals surface area contributed by atoms with Gasteiger partial charge in [0.2, 0.25) is 0 Å². The summed E-state index contributed by atoms with van der Waals surface area (Å²) in [5.74, 6) is 0.523. The Hall–Kier alpha value is -0.920. The normalized spacial score (nSPS) is 12.5. The van der Waals surface area contributed by atoms with Gasteiger partial charge in [-0.25, -0.2) is 0 Å². The van der Waals surface area contributed by atoms with E-state index in [2.05, 4.69) is 8.75 Å². The first-order valence-corrected chi connectivity index (χ1v) is 4.29. The summed E-state index contributed by atoms with van der Waals surface area (Å²) in [6.07, 6.45) is -0.911. The monoisotopic (exact) mass is 206 g/mol. The van der Waals surface area contributed by atoms with Crippen LogP contribution in [0.3, 0.4) is 0 Å². The smallest absolute Gasteiger partial charge is 0.291 e. The van der Waals surface area contributed by atoms with E-state index in [1.165, 1.54) is 7.11 Å². The number of aromatic nitrogens is 2. The molecule has 1 aromatic heterocycles. The molecule has 0 aliphatic carbocycles. The van der Waals surface area contributed by atoms with Crippen molar-refractivity contribution in [2.75, 3.05) is 20.3 Å². The third-order valence-corrected chi connectivity index (χ3v) is 1.74. The van der Waals surface area contributed by atoms with E-state index in [9.17, 15) is 0 Å². The predicted molar refractivity (Wildman–Crippen MR) is 45.0 cm³/mol. The maximum atomic E-state index is 8.96. The van der Waals surface area contributed by atoms with E-state index in [0.717, 1.165) is 11.7 Å². The molecule has 0 saturated carbocycles. The lowest BCUT2D eigenvalue weighted by atomic mass is 10.4. The number of hydrogen-bond acceptors (Lipinski definition) is 7. The molecule has 1 aromatic rings. The van der Waals surface area contributed by atoms with E-state index in [1.54, 1.807) is 0 Å². The van der Waals surface area contributed by atoms with Crippen LogP contribution >= 0.6 is 11.7 Å². The largest absolute Gasteiger partial charge is 0.477 e. The van der Waals surface area contributed by atoms with Crippen LogP contribution < -0.4 is 9.47 Å². The fraction of sp³-hybridized carbons (Fsp3) is 0.667. The Labute approximate surface area is 79.1 Å². The van der Waals surface area contributed by atoms with Crippen LogP contribution in [0.2, 0.25) is 0 Å². The fourth-order valence-electron chi connectivity index (χ4n) is 0.613. The maximum absolute atomic E-state index is 8.96. The average Bonchev–Trinajstić information content (AvgIpc) is 2.61. The molecule has 13 heavy (non-hydrogen) atoms. The molecule has 1 unspecified atom stereocenters. The van der Waals surface area contributed by atoms with Crippen LogP contribution in [-0.4, -0.2) is 45.4 Å². The van der Waals surface area contributed by atoms with Gasteiger partial charge in [-0.3, -0.25) is 0 Å². The van der Waals surface area contributed by atoms with Crippen molar-refractivity contribution in [3.63, 3.8) is 0 Å². The molecule has 0 fully saturated rings. The Kier molecular flexibility index (Phi) is 3.87. The number of rotatable bonds is 5. The molecule has 0 aliphatic rings. The molecular weight excluding hydrogens is 196 g/mol. The van der Waals surface area contributed by atoms with Crippen LogP contribution in [0, 0.1) is 0 Å². The topological polar surface area (TPSA) is 84.7 Å². The zero-order valence-corrected chi connectivity index (χ0v) is 7.82. The molecule has 7 heteroatoms. The second-order valence-corrected chi connectivity index (χ2v) is 2.75. The molecule has 0 aromatic carbocycles. The zero-order chi connectivity index (χ0) is 9.68. The van der Waals surface area contributed by atoms with Gasteiger partial charge in [-0.05, 0) is 0 Å². The second kappa shape index (κ2) is 4.95. The number of methoxy groups -OCH3 is 1. The highest BCUT2D eigenvalue weighted by atomic mass is 32.1. The van der Waals surface area contributed by atoms with Crippen LogP contribution in [0.4, 0.5) is 0 Å². The molecule has 0 aliphatic heterocycles. The van der Waals surface area contributed by atoms with Gasteiger partial charge in [0, 0.05) is 0 Å². The van der Waals surface area contributed by atoms with Crippen molar-refractivity contribution >= 4 is 11.7 Å². The highest BCUT2D eigenvalue weighted by Gasteiger charge is 2.11. The Balaban J connectivity index is 2.44. The van der Waals surface area contributed by atoms with Crippen molar-refractivity contribution in [2.45, 2.75) is 6.10 Å². The SMILES string of the molecule is COc1nsnc1OCC(O)CO. The van der Waals surface area contributed by atoms with E-state index >= 15 is 0 Å². The molecule has 0 radical (unpaired) electrons. The van der Waals surface area contributed by atoms with E-state index < -0.39 is 6.10 Å². The Morgan fingerprint density at radius 2 is 2.15 bits per heavy atom. The summed E-state index contributed by atoms with van der Waals surface area (Å²) < 4.78 is 17.4. The van der Waals surface area contributed by atoms with Gasteiger partial charge in [0.1, 0.15) is 12.7 Å². The lowest BCUT2D eigenvalue weighted by Crippen LogP contribution is -2.21. The van der Waals surface area contributed by atoms with Gasteiger partial charge in [0.05, 0.1) is 25.4 Å². The molecule has 6 nitrogen and oxygen atoms in total. The Morgan fingerprint density at radius 3 is 2.77 bits per heavy atom. The Bertz CT molecular complexity index is 255. The van der Waals surface area contributed by atoms with Crippen LogP contribution in [0.1, 0.15) is 0 Å². The van der Waals surface area contributed by atoms with E-state index in [1.807, 2.05) is 0 Å². The minimum Gasteiger partial charge on any atom is -0.477 e. The summed E-state index contributed by atoms with van der Waals surface area (Å²) in [4.78, 5) is 0. The van der Waals surface area contributed by atoms with Crippen molar-refractivity contribution in [2.24, 2.45) is 0 Å². The van der Waals surface area contributed by atoms with Crippen LogP contribution in [0.25, 0.3) is 0 Å². The van der Waals surface area contributed by atoms with Crippen molar-refractivity contribution in [3.8, 4) is 11.8 Å². The lowest BCUT2D eigenvalue weighted by molar-refractivity contribution is 0.0514. The van der Waals surface area contributed by atoms with Gasteiger partial charge < -0.3 is 19.7 Å². The lowest BCUT2D eigenvalue weighted by Gasteiger charge is -2.07. The number of ether oxygens (including phenoxy) is 2. The maximum Gasteiger partial charge on any atom is 0.291 e. The molecular formula is C6H10N2O4S. The summed E-state index contributed by atoms with van der Waals surface area (Å²) >= 11 is 0.956. The highest BCUT2D eigenvalue weighted by molar-refractivity contribution is 6.99. The standard InChI is InChI=1S/C6H10N2O4S/c1-11-5-6(8-13-7-5)12-3-4(10)2-9/h4,9-10H,2-3H2,1H3. The molecule has 1 rings (SSSR count). The summed E-state index contributed by atoms with van der Waals surface area (Å²) in [6, 6.07) is 0. The van der Waals surface area contributed by atoms with E-state index in [4.69, 9.17) is 19.7 Å². The molecule has 0 saturated heterocycles. The summed E-state index contributed by atoms with van der Waals surface area (Å²) in [5, 5.41) is 17.5. The van der Waals surface area contributed by atoms with Crippen molar-refractivity contribution in [1.29, 1.82) is 0 Å². The summed E-state index contributed by atoms with van der Waals surface area (Å²) in [7, 11) is 1.45. The first-order chi connectivity index (χ1) is 6.27. The van der Waals surface area contributed by atoms with Gasteiger partial charge >= 0.3 is 0 Å². The number of nitrogens with zero attached hydrogens (tertiary/aromatic N) is 2. The second-order valence-electron chi connectivity index (χ2n) is 2.23. The zero-order valence-electron chi connectivity index (χ0n) is 7.01. The minimum absolute atomic E-state index is 0.0295. The predicted octanol–water partition coefficient (Wildman–Crippen LogP) is -0.721. The van der Waals surface area contributed by atoms with Gasteiger partial charge in [-0.2, -0.15) is 0 Å². The molecule has 1 atom stereocenters.